The minimum absolute atomic E-state index is 0.173. The number of halogens is 1. The third kappa shape index (κ3) is 6.03. The zero-order valence-electron chi connectivity index (χ0n) is 22.1. The van der Waals surface area contributed by atoms with Crippen molar-refractivity contribution in [1.29, 1.82) is 0 Å². The molecule has 4 rings (SSSR count). The highest BCUT2D eigenvalue weighted by atomic mass is 35.5. The number of nitrogens with zero attached hydrogens (tertiary/aromatic N) is 2. The van der Waals surface area contributed by atoms with Crippen LogP contribution < -0.4 is 15.0 Å². The number of aromatic nitrogens is 2. The third-order valence-corrected chi connectivity index (χ3v) is 7.94. The van der Waals surface area contributed by atoms with E-state index in [1.165, 1.54) is 29.3 Å². The van der Waals surface area contributed by atoms with E-state index in [-0.39, 0.29) is 36.1 Å². The lowest BCUT2D eigenvalue weighted by molar-refractivity contribution is -0.156. The standard InChI is InChI=1S/C29H31ClN2O5S/c1-6-22(37-29(34)18(4)17(2)3)15-36-24-12-11-21(13-25(24)35-5)32-16-31-23-14-26(38-27(23)28(32)33)19-7-9-20(30)10-8-19/h7-14,16-18,22H,6,15H2,1-5H3/t18-,22?/m0/s1. The normalized spacial score (nSPS) is 12.9. The van der Waals surface area contributed by atoms with E-state index in [0.29, 0.717) is 38.8 Å². The largest absolute Gasteiger partial charge is 0.493 e. The van der Waals surface area contributed by atoms with E-state index in [9.17, 15) is 9.59 Å². The van der Waals surface area contributed by atoms with Crippen LogP contribution in [0.5, 0.6) is 11.5 Å². The SMILES string of the molecule is CCC(COc1ccc(-n2cnc3cc(-c4ccc(Cl)cc4)sc3c2=O)cc1OC)OC(=O)[C@@H](C)C(C)C. The van der Waals surface area contributed by atoms with Gasteiger partial charge < -0.3 is 14.2 Å². The number of hydrogen-bond donors (Lipinski definition) is 0. The Morgan fingerprint density at radius 1 is 1.08 bits per heavy atom. The maximum Gasteiger partial charge on any atom is 0.309 e. The van der Waals surface area contributed by atoms with Crippen LogP contribution in [0.25, 0.3) is 26.3 Å². The molecular formula is C29H31ClN2O5S. The van der Waals surface area contributed by atoms with Crippen molar-refractivity contribution in [1.82, 2.24) is 9.55 Å². The first-order valence-electron chi connectivity index (χ1n) is 12.5. The van der Waals surface area contributed by atoms with Gasteiger partial charge in [0, 0.05) is 16.0 Å². The van der Waals surface area contributed by atoms with Crippen LogP contribution in [-0.4, -0.2) is 35.3 Å². The fraction of sp³-hybridized carbons (Fsp3) is 0.345. The minimum atomic E-state index is -0.379. The van der Waals surface area contributed by atoms with Crippen LogP contribution in [0, 0.1) is 11.8 Å². The van der Waals surface area contributed by atoms with Crippen LogP contribution >= 0.6 is 22.9 Å². The summed E-state index contributed by atoms with van der Waals surface area (Å²) in [4.78, 5) is 31.2. The number of carbonyl (C=O) groups is 1. The smallest absolute Gasteiger partial charge is 0.309 e. The molecule has 0 N–H and O–H groups in total. The molecule has 9 heteroatoms. The van der Waals surface area contributed by atoms with Crippen LogP contribution in [0.1, 0.15) is 34.1 Å². The number of fused-ring (bicyclic) bond motifs is 1. The first-order chi connectivity index (χ1) is 18.2. The number of benzene rings is 2. The summed E-state index contributed by atoms with van der Waals surface area (Å²) in [5.74, 6) is 0.731. The molecule has 200 valence electrons. The Morgan fingerprint density at radius 2 is 1.82 bits per heavy atom. The van der Waals surface area contributed by atoms with Gasteiger partial charge in [-0.2, -0.15) is 0 Å². The minimum Gasteiger partial charge on any atom is -0.493 e. The lowest BCUT2D eigenvalue weighted by Gasteiger charge is -2.21. The average molecular weight is 555 g/mol. The summed E-state index contributed by atoms with van der Waals surface area (Å²) in [6.45, 7) is 7.99. The van der Waals surface area contributed by atoms with Gasteiger partial charge in [0.05, 0.1) is 24.2 Å². The van der Waals surface area contributed by atoms with Crippen LogP contribution in [0.4, 0.5) is 0 Å². The zero-order valence-corrected chi connectivity index (χ0v) is 23.6. The predicted octanol–water partition coefficient (Wildman–Crippen LogP) is 6.77. The molecule has 2 atom stereocenters. The molecule has 7 nitrogen and oxygen atoms in total. The summed E-state index contributed by atoms with van der Waals surface area (Å²) < 4.78 is 19.2. The third-order valence-electron chi connectivity index (χ3n) is 6.53. The second-order valence-electron chi connectivity index (χ2n) is 9.40. The molecule has 0 aliphatic heterocycles. The molecular weight excluding hydrogens is 524 g/mol. The average Bonchev–Trinajstić information content (AvgIpc) is 3.36. The van der Waals surface area contributed by atoms with Crippen LogP contribution in [-0.2, 0) is 9.53 Å². The highest BCUT2D eigenvalue weighted by Crippen LogP contribution is 2.33. The maximum absolute atomic E-state index is 13.4. The number of thiophene rings is 1. The summed E-state index contributed by atoms with van der Waals surface area (Å²) in [7, 11) is 1.54. The van der Waals surface area contributed by atoms with Crippen molar-refractivity contribution in [3.8, 4) is 27.6 Å². The summed E-state index contributed by atoms with van der Waals surface area (Å²) in [6.07, 6.45) is 1.76. The Labute approximate surface area is 230 Å². The van der Waals surface area contributed by atoms with E-state index in [1.54, 1.807) is 18.2 Å². The quantitative estimate of drug-likeness (QED) is 0.201. The fourth-order valence-corrected chi connectivity index (χ4v) is 4.91. The number of rotatable bonds is 10. The Kier molecular flexibility index (Phi) is 8.74. The van der Waals surface area contributed by atoms with Gasteiger partial charge in [0.1, 0.15) is 23.7 Å². The van der Waals surface area contributed by atoms with Gasteiger partial charge >= 0.3 is 5.97 Å². The number of esters is 1. The van der Waals surface area contributed by atoms with E-state index < -0.39 is 0 Å². The molecule has 0 saturated carbocycles. The molecule has 4 aromatic rings. The number of ether oxygens (including phenoxy) is 3. The summed E-state index contributed by atoms with van der Waals surface area (Å²) in [5.41, 5.74) is 2.04. The van der Waals surface area contributed by atoms with Gasteiger partial charge in [-0.25, -0.2) is 4.98 Å². The number of carbonyl (C=O) groups excluding carboxylic acids is 1. The predicted molar refractivity (Wildman–Crippen MR) is 152 cm³/mol. The molecule has 0 aliphatic rings. The maximum atomic E-state index is 13.4. The molecule has 0 saturated heterocycles. The molecule has 1 unspecified atom stereocenters. The highest BCUT2D eigenvalue weighted by molar-refractivity contribution is 7.22. The van der Waals surface area contributed by atoms with E-state index in [0.717, 1.165) is 10.4 Å². The second-order valence-corrected chi connectivity index (χ2v) is 10.9. The zero-order chi connectivity index (χ0) is 27.4. The lowest BCUT2D eigenvalue weighted by atomic mass is 9.98. The Balaban J connectivity index is 1.55. The van der Waals surface area contributed by atoms with E-state index >= 15 is 0 Å². The summed E-state index contributed by atoms with van der Waals surface area (Å²) in [6, 6.07) is 14.6. The molecule has 0 spiro atoms. The second kappa shape index (κ2) is 12.0. The van der Waals surface area contributed by atoms with Gasteiger partial charge in [0.2, 0.25) is 0 Å². The Hall–Kier alpha value is -3.36. The molecule has 0 radical (unpaired) electrons. The Bertz CT molecular complexity index is 1480. The van der Waals surface area contributed by atoms with Crippen molar-refractivity contribution in [3.63, 3.8) is 0 Å². The molecule has 2 aromatic carbocycles. The fourth-order valence-electron chi connectivity index (χ4n) is 3.74. The number of hydrogen-bond acceptors (Lipinski definition) is 7. The van der Waals surface area contributed by atoms with Crippen molar-refractivity contribution in [3.05, 3.63) is 70.2 Å². The van der Waals surface area contributed by atoms with Gasteiger partial charge in [0.15, 0.2) is 11.5 Å². The van der Waals surface area contributed by atoms with E-state index in [4.69, 9.17) is 25.8 Å². The van der Waals surface area contributed by atoms with Gasteiger partial charge in [-0.15, -0.1) is 11.3 Å². The summed E-state index contributed by atoms with van der Waals surface area (Å²) in [5, 5.41) is 0.656. The molecule has 2 heterocycles. The van der Waals surface area contributed by atoms with Crippen molar-refractivity contribution < 1.29 is 19.0 Å². The van der Waals surface area contributed by atoms with Crippen molar-refractivity contribution in [2.75, 3.05) is 13.7 Å². The molecule has 38 heavy (non-hydrogen) atoms. The van der Waals surface area contributed by atoms with Gasteiger partial charge in [-0.3, -0.25) is 14.2 Å². The van der Waals surface area contributed by atoms with Gasteiger partial charge in [-0.05, 0) is 48.2 Å². The molecule has 0 aliphatic carbocycles. The number of methoxy groups -OCH3 is 1. The van der Waals surface area contributed by atoms with Gasteiger partial charge in [-0.1, -0.05) is 51.4 Å². The molecule has 0 fully saturated rings. The molecule has 2 aromatic heterocycles. The van der Waals surface area contributed by atoms with Crippen LogP contribution in [0.2, 0.25) is 5.02 Å². The summed E-state index contributed by atoms with van der Waals surface area (Å²) >= 11 is 7.40. The Morgan fingerprint density at radius 3 is 2.47 bits per heavy atom. The van der Waals surface area contributed by atoms with Crippen LogP contribution in [0.15, 0.2) is 59.7 Å². The van der Waals surface area contributed by atoms with Gasteiger partial charge in [0.25, 0.3) is 5.56 Å². The van der Waals surface area contributed by atoms with E-state index in [2.05, 4.69) is 4.98 Å². The van der Waals surface area contributed by atoms with Crippen molar-refractivity contribution in [2.24, 2.45) is 11.8 Å². The van der Waals surface area contributed by atoms with Crippen molar-refractivity contribution in [2.45, 2.75) is 40.2 Å². The van der Waals surface area contributed by atoms with Crippen molar-refractivity contribution >= 4 is 39.1 Å². The monoisotopic (exact) mass is 554 g/mol. The first-order valence-corrected chi connectivity index (χ1v) is 13.7. The lowest BCUT2D eigenvalue weighted by Crippen LogP contribution is -2.29. The highest BCUT2D eigenvalue weighted by Gasteiger charge is 2.22. The first kappa shape index (κ1) is 27.7. The van der Waals surface area contributed by atoms with Crippen LogP contribution in [0.3, 0.4) is 0 Å². The van der Waals surface area contributed by atoms with E-state index in [1.807, 2.05) is 58.0 Å². The molecule has 0 amide bonds. The topological polar surface area (TPSA) is 79.7 Å². The molecule has 0 bridgehead atoms.